The van der Waals surface area contributed by atoms with Crippen molar-refractivity contribution in [2.45, 2.75) is 28.5 Å². The van der Waals surface area contributed by atoms with E-state index >= 15 is 0 Å². The van der Waals surface area contributed by atoms with E-state index in [1.807, 2.05) is 13.8 Å². The Morgan fingerprint density at radius 1 is 0.730 bits per heavy atom. The first-order valence-corrected chi connectivity index (χ1v) is 14.7. The van der Waals surface area contributed by atoms with Crippen LogP contribution in [0.3, 0.4) is 0 Å². The van der Waals surface area contributed by atoms with Crippen LogP contribution >= 0.6 is 0 Å². The lowest BCUT2D eigenvalue weighted by atomic mass is 10.3. The number of nitrogens with one attached hydrogen (secondary N) is 2. The summed E-state index contributed by atoms with van der Waals surface area (Å²) < 4.78 is 98.0. The van der Waals surface area contributed by atoms with E-state index in [-0.39, 0.29) is 23.5 Å². The smallest absolute Gasteiger partial charge is 0.296 e. The number of aromatic nitrogens is 3. The molecule has 0 saturated heterocycles. The van der Waals surface area contributed by atoms with Gasteiger partial charge in [0.05, 0.1) is 15.5 Å². The van der Waals surface area contributed by atoms with Crippen LogP contribution in [0.1, 0.15) is 13.8 Å². The Hall–Kier alpha value is -3.42. The van der Waals surface area contributed by atoms with Gasteiger partial charge in [-0.15, -0.1) is 0 Å². The maximum atomic E-state index is 11.9. The molecule has 3 rings (SSSR count). The second-order valence-corrected chi connectivity index (χ2v) is 11.5. The highest BCUT2D eigenvalue weighted by Gasteiger charge is 2.21. The Morgan fingerprint density at radius 2 is 1.30 bits per heavy atom. The standard InChI is InChI=1S/C19H22N6O9S3/c1-3-25(4-2)19-23-17(20-12-6-5-7-13(10-12)35(26,27)28)22-18(24-19)21-15-11-14(36(29,30)31)8-9-16(15)37(32,33)34/h5-11H,3-4H2,1-2H3,(H,26,27,28)(H,29,30,31)(H,32,33,34)(H2,20,21,22,23,24). The molecule has 5 N–H and O–H groups in total. The van der Waals surface area contributed by atoms with Crippen LogP contribution in [0.4, 0.5) is 29.2 Å². The first-order valence-electron chi connectivity index (χ1n) is 10.3. The fraction of sp³-hybridized carbons (Fsp3) is 0.211. The normalized spacial score (nSPS) is 12.2. The van der Waals surface area contributed by atoms with Gasteiger partial charge in [0.2, 0.25) is 17.8 Å². The molecule has 0 amide bonds. The van der Waals surface area contributed by atoms with Crippen molar-refractivity contribution < 1.29 is 38.9 Å². The third-order valence-corrected chi connectivity index (χ3v) is 7.44. The third-order valence-electron chi connectivity index (χ3n) is 4.83. The average molecular weight is 575 g/mol. The fourth-order valence-corrected chi connectivity index (χ4v) is 4.76. The van der Waals surface area contributed by atoms with Gasteiger partial charge < -0.3 is 15.5 Å². The van der Waals surface area contributed by atoms with Crippen molar-refractivity contribution in [2.24, 2.45) is 0 Å². The molecule has 2 aromatic carbocycles. The largest absolute Gasteiger partial charge is 0.341 e. The fourth-order valence-electron chi connectivity index (χ4n) is 3.10. The molecule has 0 atom stereocenters. The van der Waals surface area contributed by atoms with E-state index in [2.05, 4.69) is 25.6 Å². The second-order valence-electron chi connectivity index (χ2n) is 7.32. The first-order chi connectivity index (χ1) is 17.1. The van der Waals surface area contributed by atoms with Crippen LogP contribution in [0.15, 0.2) is 57.2 Å². The number of anilines is 5. The molecule has 0 radical (unpaired) electrons. The predicted octanol–water partition coefficient (Wildman–Crippen LogP) is 1.95. The van der Waals surface area contributed by atoms with Crippen molar-refractivity contribution >= 4 is 59.6 Å². The molecule has 200 valence electrons. The molecule has 1 aromatic heterocycles. The van der Waals surface area contributed by atoms with Gasteiger partial charge in [0.1, 0.15) is 4.90 Å². The molecule has 0 aliphatic rings. The zero-order valence-corrected chi connectivity index (χ0v) is 21.7. The van der Waals surface area contributed by atoms with Gasteiger partial charge in [-0.3, -0.25) is 13.7 Å². The van der Waals surface area contributed by atoms with Gasteiger partial charge in [-0.1, -0.05) is 6.07 Å². The Bertz CT molecular complexity index is 1640. The van der Waals surface area contributed by atoms with Crippen LogP contribution in [-0.4, -0.2) is 67.0 Å². The Labute approximate surface area is 212 Å². The number of rotatable bonds is 10. The van der Waals surface area contributed by atoms with Gasteiger partial charge in [0.15, 0.2) is 0 Å². The molecule has 0 aliphatic heterocycles. The van der Waals surface area contributed by atoms with Crippen LogP contribution in [0.2, 0.25) is 0 Å². The van der Waals surface area contributed by atoms with Gasteiger partial charge in [-0.05, 0) is 50.2 Å². The van der Waals surface area contributed by atoms with Crippen LogP contribution < -0.4 is 15.5 Å². The summed E-state index contributed by atoms with van der Waals surface area (Å²) in [5.41, 5.74) is -0.293. The predicted molar refractivity (Wildman–Crippen MR) is 132 cm³/mol. The lowest BCUT2D eigenvalue weighted by molar-refractivity contribution is 0.479. The third kappa shape index (κ3) is 7.08. The minimum atomic E-state index is -4.85. The van der Waals surface area contributed by atoms with Crippen LogP contribution in [-0.2, 0) is 30.4 Å². The molecule has 37 heavy (non-hydrogen) atoms. The van der Waals surface area contributed by atoms with Gasteiger partial charge >= 0.3 is 0 Å². The summed E-state index contributed by atoms with van der Waals surface area (Å²) >= 11 is 0. The molecular formula is C19H22N6O9S3. The summed E-state index contributed by atoms with van der Waals surface area (Å²) in [6, 6.07) is 7.43. The summed E-state index contributed by atoms with van der Waals surface area (Å²) in [7, 11) is -14.1. The molecule has 18 heteroatoms. The van der Waals surface area contributed by atoms with E-state index < -0.39 is 50.7 Å². The Kier molecular flexibility index (Phi) is 8.00. The molecule has 0 bridgehead atoms. The quantitative estimate of drug-likeness (QED) is 0.218. The van der Waals surface area contributed by atoms with E-state index in [9.17, 15) is 38.9 Å². The summed E-state index contributed by atoms with van der Waals surface area (Å²) in [5, 5.41) is 5.28. The van der Waals surface area contributed by atoms with Crippen molar-refractivity contribution in [3.8, 4) is 0 Å². The maximum Gasteiger partial charge on any atom is 0.296 e. The molecule has 0 saturated carbocycles. The maximum absolute atomic E-state index is 11.9. The van der Waals surface area contributed by atoms with Crippen molar-refractivity contribution in [3.63, 3.8) is 0 Å². The van der Waals surface area contributed by atoms with Gasteiger partial charge in [0.25, 0.3) is 30.4 Å². The van der Waals surface area contributed by atoms with Crippen molar-refractivity contribution in [3.05, 3.63) is 42.5 Å². The minimum absolute atomic E-state index is 0.107. The number of benzene rings is 2. The molecular weight excluding hydrogens is 552 g/mol. The summed E-state index contributed by atoms with van der Waals surface area (Å²) in [5.74, 6) is -0.316. The SMILES string of the molecule is CCN(CC)c1nc(Nc2cccc(S(=O)(=O)O)c2)nc(Nc2cc(S(=O)(=O)O)ccc2S(=O)(=O)O)n1. The van der Waals surface area contributed by atoms with E-state index in [1.54, 1.807) is 4.90 Å². The monoisotopic (exact) mass is 574 g/mol. The molecule has 0 aliphatic carbocycles. The highest BCUT2D eigenvalue weighted by atomic mass is 32.2. The average Bonchev–Trinajstić information content (AvgIpc) is 2.78. The van der Waals surface area contributed by atoms with E-state index in [0.717, 1.165) is 24.3 Å². The van der Waals surface area contributed by atoms with E-state index in [1.165, 1.54) is 18.2 Å². The van der Waals surface area contributed by atoms with Crippen LogP contribution in [0.25, 0.3) is 0 Å². The molecule has 0 spiro atoms. The van der Waals surface area contributed by atoms with E-state index in [4.69, 9.17) is 0 Å². The lowest BCUT2D eigenvalue weighted by Gasteiger charge is -2.20. The molecule has 1 heterocycles. The van der Waals surface area contributed by atoms with Crippen LogP contribution in [0, 0.1) is 0 Å². The lowest BCUT2D eigenvalue weighted by Crippen LogP contribution is -2.25. The molecule has 3 aromatic rings. The molecule has 15 nitrogen and oxygen atoms in total. The number of nitrogens with zero attached hydrogens (tertiary/aromatic N) is 4. The highest BCUT2D eigenvalue weighted by Crippen LogP contribution is 2.28. The van der Waals surface area contributed by atoms with Crippen molar-refractivity contribution in [2.75, 3.05) is 28.6 Å². The van der Waals surface area contributed by atoms with E-state index in [0.29, 0.717) is 13.1 Å². The number of hydrogen-bond acceptors (Lipinski definition) is 12. The molecule has 0 fully saturated rings. The second kappa shape index (κ2) is 10.5. The summed E-state index contributed by atoms with van der Waals surface area (Å²) in [6.07, 6.45) is 0. The highest BCUT2D eigenvalue weighted by molar-refractivity contribution is 7.86. The Balaban J connectivity index is 2.14. The molecule has 0 unspecified atom stereocenters. The summed E-state index contributed by atoms with van der Waals surface area (Å²) in [6.45, 7) is 4.53. The van der Waals surface area contributed by atoms with Gasteiger partial charge in [0, 0.05) is 18.8 Å². The minimum Gasteiger partial charge on any atom is -0.341 e. The first kappa shape index (κ1) is 28.2. The Morgan fingerprint density at radius 3 is 1.84 bits per heavy atom. The number of hydrogen-bond donors (Lipinski definition) is 5. The van der Waals surface area contributed by atoms with Crippen LogP contribution in [0.5, 0.6) is 0 Å². The van der Waals surface area contributed by atoms with Crippen molar-refractivity contribution in [1.29, 1.82) is 0 Å². The van der Waals surface area contributed by atoms with Gasteiger partial charge in [-0.2, -0.15) is 40.2 Å². The summed E-state index contributed by atoms with van der Waals surface area (Å²) in [4.78, 5) is 12.5. The van der Waals surface area contributed by atoms with Gasteiger partial charge in [-0.25, -0.2) is 0 Å². The van der Waals surface area contributed by atoms with Crippen molar-refractivity contribution in [1.82, 2.24) is 15.0 Å². The zero-order chi connectivity index (χ0) is 27.6. The topological polar surface area (TPSA) is 229 Å². The zero-order valence-electron chi connectivity index (χ0n) is 19.3.